The molecule has 0 bridgehead atoms. The first kappa shape index (κ1) is 13.9. The zero-order chi connectivity index (χ0) is 11.8. The van der Waals surface area contributed by atoms with E-state index in [4.69, 9.17) is 14.7 Å². The number of carboxylic acids is 1. The predicted molar refractivity (Wildman–Crippen MR) is 52.1 cm³/mol. The number of rotatable bonds is 7. The summed E-state index contributed by atoms with van der Waals surface area (Å²) in [6, 6.07) is 0. The maximum Gasteiger partial charge on any atom is 0.337 e. The molecule has 0 amide bonds. The lowest BCUT2D eigenvalue weighted by atomic mass is 10.4. The van der Waals surface area contributed by atoms with Gasteiger partial charge in [0.1, 0.15) is 6.54 Å². The molecule has 0 fully saturated rings. The van der Waals surface area contributed by atoms with Crippen LogP contribution in [0.5, 0.6) is 0 Å². The van der Waals surface area contributed by atoms with Gasteiger partial charge in [-0.3, -0.25) is 9.63 Å². The van der Waals surface area contributed by atoms with Crippen molar-refractivity contribution in [3.63, 3.8) is 0 Å². The fraction of sp³-hybridized carbons (Fsp3) is 0.778. The van der Waals surface area contributed by atoms with E-state index in [1.807, 2.05) is 0 Å². The van der Waals surface area contributed by atoms with Crippen LogP contribution in [-0.4, -0.2) is 47.9 Å². The van der Waals surface area contributed by atoms with Gasteiger partial charge in [-0.25, -0.2) is 4.79 Å². The molecule has 0 aliphatic rings. The van der Waals surface area contributed by atoms with Crippen LogP contribution in [0.15, 0.2) is 0 Å². The molecule has 6 heteroatoms. The summed E-state index contributed by atoms with van der Waals surface area (Å²) >= 11 is 0. The molecule has 0 aromatic carbocycles. The standard InChI is InChI=1S/C9H17NO5/c1-4-10(6-8(11)12)15-7(3)9(13)14-5-2/h7H,4-6H2,1-3H3,(H,11,12). The summed E-state index contributed by atoms with van der Waals surface area (Å²) in [5, 5.41) is 9.73. The highest BCUT2D eigenvalue weighted by Crippen LogP contribution is 1.99. The largest absolute Gasteiger partial charge is 0.480 e. The van der Waals surface area contributed by atoms with Crippen LogP contribution in [0.25, 0.3) is 0 Å². The number of hydrogen-bond acceptors (Lipinski definition) is 5. The first-order valence-electron chi connectivity index (χ1n) is 4.81. The average molecular weight is 219 g/mol. The first-order valence-corrected chi connectivity index (χ1v) is 4.81. The summed E-state index contributed by atoms with van der Waals surface area (Å²) in [7, 11) is 0. The third-order valence-electron chi connectivity index (χ3n) is 1.59. The number of aliphatic carboxylic acids is 1. The molecule has 1 N–H and O–H groups in total. The Balaban J connectivity index is 4.05. The summed E-state index contributed by atoms with van der Waals surface area (Å²) in [6.07, 6.45) is -0.788. The van der Waals surface area contributed by atoms with Gasteiger partial charge in [-0.15, -0.1) is 0 Å². The van der Waals surface area contributed by atoms with Gasteiger partial charge in [0, 0.05) is 6.54 Å². The number of carbonyl (C=O) groups excluding carboxylic acids is 1. The van der Waals surface area contributed by atoms with Crippen molar-refractivity contribution in [1.29, 1.82) is 0 Å². The van der Waals surface area contributed by atoms with Crippen molar-refractivity contribution in [2.75, 3.05) is 19.7 Å². The summed E-state index contributed by atoms with van der Waals surface area (Å²) < 4.78 is 4.72. The zero-order valence-corrected chi connectivity index (χ0v) is 9.23. The zero-order valence-electron chi connectivity index (χ0n) is 9.23. The monoisotopic (exact) mass is 219 g/mol. The second-order valence-corrected chi connectivity index (χ2v) is 2.85. The number of hydrogen-bond donors (Lipinski definition) is 1. The van der Waals surface area contributed by atoms with Crippen LogP contribution in [0.4, 0.5) is 0 Å². The molecule has 0 radical (unpaired) electrons. The number of ether oxygens (including phenoxy) is 1. The number of esters is 1. The maximum atomic E-state index is 11.2. The van der Waals surface area contributed by atoms with Gasteiger partial charge in [0.15, 0.2) is 6.10 Å². The van der Waals surface area contributed by atoms with E-state index in [1.54, 1.807) is 13.8 Å². The van der Waals surface area contributed by atoms with Crippen LogP contribution in [0.3, 0.4) is 0 Å². The third-order valence-corrected chi connectivity index (χ3v) is 1.59. The van der Waals surface area contributed by atoms with E-state index in [2.05, 4.69) is 0 Å². The van der Waals surface area contributed by atoms with E-state index in [1.165, 1.54) is 12.0 Å². The second kappa shape index (κ2) is 7.19. The topological polar surface area (TPSA) is 76.1 Å². The number of carboxylic acid groups (broad SMARTS) is 1. The normalized spacial score (nSPS) is 12.5. The van der Waals surface area contributed by atoms with Gasteiger partial charge in [0.2, 0.25) is 0 Å². The van der Waals surface area contributed by atoms with Crippen molar-refractivity contribution in [3.8, 4) is 0 Å². The Bertz CT molecular complexity index is 219. The highest BCUT2D eigenvalue weighted by Gasteiger charge is 2.19. The minimum absolute atomic E-state index is 0.264. The van der Waals surface area contributed by atoms with Crippen molar-refractivity contribution in [2.24, 2.45) is 0 Å². The molecular formula is C9H17NO5. The van der Waals surface area contributed by atoms with Gasteiger partial charge in [-0.1, -0.05) is 6.92 Å². The number of likely N-dealkylation sites (N-methyl/N-ethyl adjacent to an activating group) is 1. The van der Waals surface area contributed by atoms with Gasteiger partial charge < -0.3 is 9.84 Å². The molecule has 6 nitrogen and oxygen atoms in total. The molecule has 1 atom stereocenters. The fourth-order valence-electron chi connectivity index (χ4n) is 0.901. The van der Waals surface area contributed by atoms with Crippen molar-refractivity contribution in [3.05, 3.63) is 0 Å². The van der Waals surface area contributed by atoms with Crippen LogP contribution in [0.2, 0.25) is 0 Å². The van der Waals surface area contributed by atoms with Gasteiger partial charge in [-0.05, 0) is 13.8 Å². The summed E-state index contributed by atoms with van der Waals surface area (Å²) in [4.78, 5) is 26.7. The molecule has 0 spiro atoms. The van der Waals surface area contributed by atoms with Crippen molar-refractivity contribution in [1.82, 2.24) is 5.06 Å². The molecule has 88 valence electrons. The average Bonchev–Trinajstić information content (AvgIpc) is 2.16. The first-order chi connectivity index (χ1) is 7.01. The minimum atomic E-state index is -1.01. The predicted octanol–water partition coefficient (Wildman–Crippen LogP) is 0.276. The maximum absolute atomic E-state index is 11.2. The third kappa shape index (κ3) is 6.03. The second-order valence-electron chi connectivity index (χ2n) is 2.85. The molecule has 0 aromatic heterocycles. The number of nitrogens with zero attached hydrogens (tertiary/aromatic N) is 1. The Kier molecular flexibility index (Phi) is 6.64. The van der Waals surface area contributed by atoms with Gasteiger partial charge in [0.05, 0.1) is 6.61 Å². The van der Waals surface area contributed by atoms with Crippen molar-refractivity contribution >= 4 is 11.9 Å². The Morgan fingerprint density at radius 2 is 2.00 bits per heavy atom. The van der Waals surface area contributed by atoms with E-state index in [9.17, 15) is 9.59 Å². The lowest BCUT2D eigenvalue weighted by Gasteiger charge is -2.21. The van der Waals surface area contributed by atoms with E-state index >= 15 is 0 Å². The molecule has 15 heavy (non-hydrogen) atoms. The smallest absolute Gasteiger partial charge is 0.337 e. The SMILES string of the molecule is CCOC(=O)C(C)ON(CC)CC(=O)O. The fourth-order valence-corrected chi connectivity index (χ4v) is 0.901. The molecule has 0 saturated carbocycles. The molecule has 0 saturated heterocycles. The van der Waals surface area contributed by atoms with Crippen LogP contribution < -0.4 is 0 Å². The summed E-state index contributed by atoms with van der Waals surface area (Å²) in [5.41, 5.74) is 0. The Morgan fingerprint density at radius 1 is 1.40 bits per heavy atom. The lowest BCUT2D eigenvalue weighted by molar-refractivity contribution is -0.211. The lowest BCUT2D eigenvalue weighted by Crippen LogP contribution is -2.36. The van der Waals surface area contributed by atoms with Crippen molar-refractivity contribution in [2.45, 2.75) is 26.9 Å². The highest BCUT2D eigenvalue weighted by atomic mass is 16.7. The quantitative estimate of drug-likeness (QED) is 0.489. The molecular weight excluding hydrogens is 202 g/mol. The minimum Gasteiger partial charge on any atom is -0.480 e. The van der Waals surface area contributed by atoms with Gasteiger partial charge in [0.25, 0.3) is 0 Å². The molecule has 0 aliphatic heterocycles. The van der Waals surface area contributed by atoms with Crippen molar-refractivity contribution < 1.29 is 24.3 Å². The highest BCUT2D eigenvalue weighted by molar-refractivity contribution is 5.74. The van der Waals surface area contributed by atoms with Crippen LogP contribution in [0, 0.1) is 0 Å². The van der Waals surface area contributed by atoms with Gasteiger partial charge in [-0.2, -0.15) is 5.06 Å². The molecule has 1 unspecified atom stereocenters. The number of hydroxylamine groups is 2. The molecule has 0 heterocycles. The van der Waals surface area contributed by atoms with Crippen LogP contribution in [0.1, 0.15) is 20.8 Å². The molecule has 0 aliphatic carbocycles. The summed E-state index contributed by atoms with van der Waals surface area (Å²) in [6.45, 7) is 5.34. The number of carbonyl (C=O) groups is 2. The summed E-state index contributed by atoms with van der Waals surface area (Å²) in [5.74, 6) is -1.51. The Labute approximate surface area is 88.7 Å². The molecule has 0 rings (SSSR count). The van der Waals surface area contributed by atoms with E-state index < -0.39 is 18.0 Å². The Morgan fingerprint density at radius 3 is 2.40 bits per heavy atom. The van der Waals surface area contributed by atoms with E-state index in [-0.39, 0.29) is 13.2 Å². The van der Waals surface area contributed by atoms with E-state index in [0.717, 1.165) is 0 Å². The van der Waals surface area contributed by atoms with E-state index in [0.29, 0.717) is 6.54 Å². The molecule has 0 aromatic rings. The Hall–Kier alpha value is -1.14. The van der Waals surface area contributed by atoms with Gasteiger partial charge >= 0.3 is 11.9 Å². The van der Waals surface area contributed by atoms with Crippen LogP contribution >= 0.6 is 0 Å². The van der Waals surface area contributed by atoms with Crippen LogP contribution in [-0.2, 0) is 19.2 Å².